The number of carbonyl (C=O) groups is 1. The lowest BCUT2D eigenvalue weighted by molar-refractivity contribution is -0.326. The summed E-state index contributed by atoms with van der Waals surface area (Å²) >= 11 is 0. The van der Waals surface area contributed by atoms with Crippen molar-refractivity contribution in [1.29, 1.82) is 0 Å². The van der Waals surface area contributed by atoms with Gasteiger partial charge in [0.1, 0.15) is 23.7 Å². The van der Waals surface area contributed by atoms with E-state index in [1.807, 2.05) is 18.4 Å². The molecule has 1 saturated heterocycles. The van der Waals surface area contributed by atoms with Crippen LogP contribution in [0.2, 0.25) is 0 Å². The minimum absolute atomic E-state index is 0.0395. The number of aliphatic hydroxyl groups excluding tert-OH is 1. The molecular formula is C30H31F4N9O3. The van der Waals surface area contributed by atoms with E-state index in [0.29, 0.717) is 28.5 Å². The van der Waals surface area contributed by atoms with Crippen LogP contribution in [0.15, 0.2) is 43.0 Å². The van der Waals surface area contributed by atoms with Crippen molar-refractivity contribution in [2.75, 3.05) is 18.4 Å². The van der Waals surface area contributed by atoms with E-state index in [0.717, 1.165) is 23.4 Å². The SMILES string of the molecule is CC(C)n1cnnc1-c1cccc(NC(=O)c2cc3c(cc2F)CN(C(O)N2CC(O)(C(F)(F)F)C2)Cc2c(C4CC4)ncn2-3)n1. The number of imidazole rings is 1. The molecule has 5 heterocycles. The second-order valence-electron chi connectivity index (χ2n) is 12.4. The number of alkyl halides is 3. The fourth-order valence-electron chi connectivity index (χ4n) is 6.02. The van der Waals surface area contributed by atoms with Gasteiger partial charge in [-0.15, -0.1) is 10.2 Å². The van der Waals surface area contributed by atoms with Gasteiger partial charge in [0.25, 0.3) is 5.91 Å². The fourth-order valence-corrected chi connectivity index (χ4v) is 6.02. The van der Waals surface area contributed by atoms with E-state index >= 15 is 4.39 Å². The molecule has 1 atom stereocenters. The Morgan fingerprint density at radius 1 is 1.11 bits per heavy atom. The number of fused-ring (bicyclic) bond motifs is 3. The monoisotopic (exact) mass is 641 g/mol. The van der Waals surface area contributed by atoms with Crippen molar-refractivity contribution < 1.29 is 32.6 Å². The minimum Gasteiger partial charge on any atom is -0.378 e. The van der Waals surface area contributed by atoms with E-state index in [-0.39, 0.29) is 36.4 Å². The van der Waals surface area contributed by atoms with Gasteiger partial charge in [-0.05, 0) is 56.5 Å². The van der Waals surface area contributed by atoms with E-state index in [4.69, 9.17) is 0 Å². The molecule has 0 spiro atoms. The number of halogens is 4. The summed E-state index contributed by atoms with van der Waals surface area (Å²) in [6, 6.07) is 7.65. The normalized spacial score (nSPS) is 18.9. The molecule has 1 unspecified atom stereocenters. The molecule has 16 heteroatoms. The Balaban J connectivity index is 1.19. The summed E-state index contributed by atoms with van der Waals surface area (Å²) < 4.78 is 59.0. The Labute approximate surface area is 260 Å². The second kappa shape index (κ2) is 10.9. The lowest BCUT2D eigenvalue weighted by Crippen LogP contribution is -2.72. The Hall–Kier alpha value is -4.25. The molecule has 2 fully saturated rings. The first kappa shape index (κ1) is 30.4. The molecular weight excluding hydrogens is 610 g/mol. The van der Waals surface area contributed by atoms with Crippen molar-refractivity contribution in [3.05, 3.63) is 71.3 Å². The number of hydrogen-bond acceptors (Lipinski definition) is 9. The Morgan fingerprint density at radius 3 is 2.57 bits per heavy atom. The number of benzene rings is 1. The number of likely N-dealkylation sites (tertiary alicyclic amines) is 1. The summed E-state index contributed by atoms with van der Waals surface area (Å²) in [6.07, 6.45) is -1.32. The third-order valence-corrected chi connectivity index (χ3v) is 8.72. The number of nitrogens with one attached hydrogen (secondary N) is 1. The number of amides is 1. The largest absolute Gasteiger partial charge is 0.419 e. The number of hydrogen-bond donors (Lipinski definition) is 3. The maximum absolute atomic E-state index is 15.6. The summed E-state index contributed by atoms with van der Waals surface area (Å²) in [7, 11) is 0. The average Bonchev–Trinajstić information content (AvgIpc) is 3.59. The molecule has 2 aliphatic heterocycles. The number of rotatable bonds is 7. The van der Waals surface area contributed by atoms with Crippen molar-refractivity contribution in [2.24, 2.45) is 0 Å². The van der Waals surface area contributed by atoms with Crippen LogP contribution in [0.5, 0.6) is 0 Å². The Kier molecular flexibility index (Phi) is 7.23. The number of nitrogens with zero attached hydrogens (tertiary/aromatic N) is 8. The highest BCUT2D eigenvalue weighted by Crippen LogP contribution is 2.44. The zero-order chi connectivity index (χ0) is 32.5. The number of aromatic nitrogens is 6. The molecule has 7 rings (SSSR count). The molecule has 242 valence electrons. The van der Waals surface area contributed by atoms with Gasteiger partial charge in [0.15, 0.2) is 17.8 Å². The van der Waals surface area contributed by atoms with E-state index < -0.39 is 42.9 Å². The quantitative estimate of drug-likeness (QED) is 0.259. The first-order valence-electron chi connectivity index (χ1n) is 14.9. The third kappa shape index (κ3) is 5.24. The number of pyridine rings is 1. The topological polar surface area (TPSA) is 137 Å². The number of aliphatic hydroxyl groups is 2. The predicted molar refractivity (Wildman–Crippen MR) is 155 cm³/mol. The molecule has 1 aliphatic carbocycles. The number of β-amino-alcohol motifs (C(OH)–C–C–N with tert-alkyl or cyclic N) is 1. The third-order valence-electron chi connectivity index (χ3n) is 8.72. The molecule has 1 aromatic carbocycles. The second-order valence-corrected chi connectivity index (χ2v) is 12.4. The van der Waals surface area contributed by atoms with Crippen LogP contribution in [0.4, 0.5) is 23.4 Å². The zero-order valence-electron chi connectivity index (χ0n) is 24.9. The van der Waals surface area contributed by atoms with E-state index in [2.05, 4.69) is 25.5 Å². The molecule has 1 saturated carbocycles. The van der Waals surface area contributed by atoms with Crippen LogP contribution in [0.1, 0.15) is 66.0 Å². The molecule has 1 amide bonds. The van der Waals surface area contributed by atoms with Crippen LogP contribution < -0.4 is 5.32 Å². The highest BCUT2D eigenvalue weighted by molar-refractivity contribution is 6.04. The highest BCUT2D eigenvalue weighted by Gasteiger charge is 2.62. The van der Waals surface area contributed by atoms with Gasteiger partial charge in [-0.2, -0.15) is 13.2 Å². The molecule has 4 aromatic rings. The van der Waals surface area contributed by atoms with Crippen LogP contribution in [0, 0.1) is 5.82 Å². The smallest absolute Gasteiger partial charge is 0.378 e. The molecule has 12 nitrogen and oxygen atoms in total. The molecule has 3 N–H and O–H groups in total. The summed E-state index contributed by atoms with van der Waals surface area (Å²) in [5, 5.41) is 31.8. The summed E-state index contributed by atoms with van der Waals surface area (Å²) in [5.74, 6) is -0.693. The first-order valence-corrected chi connectivity index (χ1v) is 14.9. The van der Waals surface area contributed by atoms with Crippen molar-refractivity contribution in [3.63, 3.8) is 0 Å². The van der Waals surface area contributed by atoms with Gasteiger partial charge in [-0.25, -0.2) is 14.4 Å². The number of carbonyl (C=O) groups excluding carboxylic acids is 1. The first-order chi connectivity index (χ1) is 21.8. The lowest BCUT2D eigenvalue weighted by Gasteiger charge is -2.50. The van der Waals surface area contributed by atoms with Crippen molar-refractivity contribution >= 4 is 11.7 Å². The molecule has 0 bridgehead atoms. The lowest BCUT2D eigenvalue weighted by atomic mass is 9.93. The predicted octanol–water partition coefficient (Wildman–Crippen LogP) is 3.58. The summed E-state index contributed by atoms with van der Waals surface area (Å²) in [5.41, 5.74) is -0.371. The maximum Gasteiger partial charge on any atom is 0.419 e. The van der Waals surface area contributed by atoms with Gasteiger partial charge >= 0.3 is 6.18 Å². The zero-order valence-corrected chi connectivity index (χ0v) is 24.9. The van der Waals surface area contributed by atoms with Gasteiger partial charge in [0.2, 0.25) is 0 Å². The van der Waals surface area contributed by atoms with Crippen molar-refractivity contribution in [2.45, 2.75) is 69.9 Å². The summed E-state index contributed by atoms with van der Waals surface area (Å²) in [6.45, 7) is 2.41. The standard InChI is InChI=1S/C30H31F4N9O3/c1-16(2)42-15-36-39-26(42)21-4-3-5-24(37-21)38-27(44)19-9-22-18(8-20(19)31)10-40(11-23-25(17-6-7-17)35-14-43(22)23)28(45)41-12-29(46,13-41)30(32,33)34/h3-5,8-9,14-17,28,45-46H,6-7,10-13H2,1-2H3,(H,37,38,44). The Bertz CT molecular complexity index is 1810. The van der Waals surface area contributed by atoms with Gasteiger partial charge in [-0.1, -0.05) is 6.07 Å². The van der Waals surface area contributed by atoms with Crippen molar-refractivity contribution in [3.8, 4) is 17.2 Å². The maximum atomic E-state index is 15.6. The van der Waals surface area contributed by atoms with Gasteiger partial charge in [0.05, 0.1) is 29.0 Å². The average molecular weight is 642 g/mol. The molecule has 0 radical (unpaired) electrons. The van der Waals surface area contributed by atoms with Crippen LogP contribution >= 0.6 is 0 Å². The molecule has 3 aliphatic rings. The van der Waals surface area contributed by atoms with Crippen LogP contribution in [-0.4, -0.2) is 86.4 Å². The van der Waals surface area contributed by atoms with Gasteiger partial charge < -0.3 is 24.7 Å². The molecule has 46 heavy (non-hydrogen) atoms. The fraction of sp³-hybridized carbons (Fsp3) is 0.433. The Morgan fingerprint density at radius 2 is 1.87 bits per heavy atom. The minimum atomic E-state index is -4.84. The number of anilines is 1. The van der Waals surface area contributed by atoms with E-state index in [1.54, 1.807) is 35.4 Å². The summed E-state index contributed by atoms with van der Waals surface area (Å²) in [4.78, 5) is 25.1. The van der Waals surface area contributed by atoms with Crippen molar-refractivity contribution in [1.82, 2.24) is 39.1 Å². The molecule has 3 aromatic heterocycles. The highest BCUT2D eigenvalue weighted by atomic mass is 19.4. The van der Waals surface area contributed by atoms with E-state index in [9.17, 15) is 28.2 Å². The van der Waals surface area contributed by atoms with Gasteiger partial charge in [-0.3, -0.25) is 14.6 Å². The van der Waals surface area contributed by atoms with Gasteiger partial charge in [0, 0.05) is 38.1 Å². The van der Waals surface area contributed by atoms with Crippen LogP contribution in [0.3, 0.4) is 0 Å². The van der Waals surface area contributed by atoms with Crippen LogP contribution in [0.25, 0.3) is 17.2 Å². The van der Waals surface area contributed by atoms with Crippen LogP contribution in [-0.2, 0) is 13.1 Å². The van der Waals surface area contributed by atoms with E-state index in [1.165, 1.54) is 17.0 Å².